The van der Waals surface area contributed by atoms with Crippen LogP contribution in [0.2, 0.25) is 0 Å². The van der Waals surface area contributed by atoms with Crippen molar-refractivity contribution in [3.63, 3.8) is 0 Å². The molecule has 8 heteroatoms. The number of hydrogen-bond acceptors (Lipinski definition) is 3. The van der Waals surface area contributed by atoms with Crippen LogP contribution in [-0.2, 0) is 6.42 Å². The highest BCUT2D eigenvalue weighted by Gasteiger charge is 2.39. The zero-order chi connectivity index (χ0) is 21.3. The monoisotopic (exact) mass is 406 g/mol. The van der Waals surface area contributed by atoms with E-state index in [4.69, 9.17) is 0 Å². The lowest BCUT2D eigenvalue weighted by atomic mass is 10.1. The molecule has 0 amide bonds. The quantitative estimate of drug-likeness (QED) is 0.548. The van der Waals surface area contributed by atoms with Gasteiger partial charge in [0.25, 0.3) is 0 Å². The average Bonchev–Trinajstić information content (AvgIpc) is 3.05. The standard InChI is InChI=1S/C21H22F4N4/c1-13-7-5-6-8-15(13)11-19-26-20(27-29(19)14(2)21(23,24)25)17-10-9-16(28(3)4)12-18(17)22/h5-10,12,14H,11H2,1-4H3. The van der Waals surface area contributed by atoms with Gasteiger partial charge in [0, 0.05) is 26.2 Å². The van der Waals surface area contributed by atoms with E-state index in [9.17, 15) is 17.6 Å². The molecule has 0 saturated heterocycles. The number of benzene rings is 2. The third-order valence-electron chi connectivity index (χ3n) is 4.86. The highest BCUT2D eigenvalue weighted by atomic mass is 19.4. The van der Waals surface area contributed by atoms with Crippen molar-refractivity contribution in [1.29, 1.82) is 0 Å². The van der Waals surface area contributed by atoms with Crippen molar-refractivity contribution in [3.8, 4) is 11.4 Å². The minimum absolute atomic E-state index is 0.0625. The molecule has 4 nitrogen and oxygen atoms in total. The molecule has 0 radical (unpaired) electrons. The van der Waals surface area contributed by atoms with Crippen molar-refractivity contribution in [2.45, 2.75) is 32.5 Å². The first-order valence-corrected chi connectivity index (χ1v) is 9.12. The molecule has 0 saturated carbocycles. The van der Waals surface area contributed by atoms with E-state index in [1.165, 1.54) is 12.1 Å². The van der Waals surface area contributed by atoms with Gasteiger partial charge in [0.1, 0.15) is 17.7 Å². The maximum atomic E-state index is 14.6. The van der Waals surface area contributed by atoms with Gasteiger partial charge in [-0.3, -0.25) is 0 Å². The fourth-order valence-corrected chi connectivity index (χ4v) is 2.98. The zero-order valence-electron chi connectivity index (χ0n) is 16.6. The van der Waals surface area contributed by atoms with E-state index in [1.54, 1.807) is 25.1 Å². The van der Waals surface area contributed by atoms with E-state index in [0.717, 1.165) is 22.7 Å². The lowest BCUT2D eigenvalue weighted by Gasteiger charge is -2.18. The predicted octanol–water partition coefficient (Wildman–Crippen LogP) is 5.17. The van der Waals surface area contributed by atoms with Crippen LogP contribution < -0.4 is 4.90 Å². The van der Waals surface area contributed by atoms with Crippen LogP contribution in [0.1, 0.15) is 29.9 Å². The predicted molar refractivity (Wildman–Crippen MR) is 104 cm³/mol. The van der Waals surface area contributed by atoms with Crippen LogP contribution in [0.15, 0.2) is 42.5 Å². The van der Waals surface area contributed by atoms with Gasteiger partial charge in [-0.2, -0.15) is 18.3 Å². The van der Waals surface area contributed by atoms with Gasteiger partial charge < -0.3 is 4.90 Å². The average molecular weight is 406 g/mol. The molecule has 29 heavy (non-hydrogen) atoms. The van der Waals surface area contributed by atoms with Gasteiger partial charge in [-0.05, 0) is 43.2 Å². The molecular weight excluding hydrogens is 384 g/mol. The third kappa shape index (κ3) is 4.41. The largest absolute Gasteiger partial charge is 0.410 e. The normalized spacial score (nSPS) is 12.8. The minimum Gasteiger partial charge on any atom is -0.378 e. The number of nitrogens with zero attached hydrogens (tertiary/aromatic N) is 4. The molecule has 0 bridgehead atoms. The molecule has 1 atom stereocenters. The van der Waals surface area contributed by atoms with Crippen molar-refractivity contribution in [2.75, 3.05) is 19.0 Å². The van der Waals surface area contributed by atoms with Gasteiger partial charge in [0.05, 0.1) is 5.56 Å². The van der Waals surface area contributed by atoms with E-state index >= 15 is 0 Å². The molecule has 3 aromatic rings. The molecule has 2 aromatic carbocycles. The van der Waals surface area contributed by atoms with Gasteiger partial charge in [0.15, 0.2) is 5.82 Å². The Bertz CT molecular complexity index is 1010. The van der Waals surface area contributed by atoms with Crippen LogP contribution >= 0.6 is 0 Å². The van der Waals surface area contributed by atoms with Gasteiger partial charge >= 0.3 is 6.18 Å². The third-order valence-corrected chi connectivity index (χ3v) is 4.86. The van der Waals surface area contributed by atoms with Crippen molar-refractivity contribution < 1.29 is 17.6 Å². The van der Waals surface area contributed by atoms with Crippen molar-refractivity contribution in [2.24, 2.45) is 0 Å². The van der Waals surface area contributed by atoms with E-state index < -0.39 is 18.0 Å². The molecule has 1 unspecified atom stereocenters. The van der Waals surface area contributed by atoms with Crippen LogP contribution in [0.5, 0.6) is 0 Å². The second-order valence-corrected chi connectivity index (χ2v) is 7.18. The number of anilines is 1. The first kappa shape index (κ1) is 20.8. The molecule has 1 aromatic heterocycles. The van der Waals surface area contributed by atoms with E-state index in [0.29, 0.717) is 5.69 Å². The van der Waals surface area contributed by atoms with Crippen molar-refractivity contribution in [3.05, 3.63) is 65.2 Å². The topological polar surface area (TPSA) is 34.0 Å². The molecule has 0 aliphatic rings. The SMILES string of the molecule is Cc1ccccc1Cc1nc(-c2ccc(N(C)C)cc2F)nn1C(C)C(F)(F)F. The highest BCUT2D eigenvalue weighted by molar-refractivity contribution is 5.61. The zero-order valence-corrected chi connectivity index (χ0v) is 16.6. The number of alkyl halides is 3. The summed E-state index contributed by atoms with van der Waals surface area (Å²) in [4.78, 5) is 6.02. The first-order valence-electron chi connectivity index (χ1n) is 9.12. The lowest BCUT2D eigenvalue weighted by Crippen LogP contribution is -2.26. The number of aryl methyl sites for hydroxylation is 1. The summed E-state index contributed by atoms with van der Waals surface area (Å²) >= 11 is 0. The van der Waals surface area contributed by atoms with E-state index in [2.05, 4.69) is 10.1 Å². The Kier molecular flexibility index (Phi) is 5.64. The van der Waals surface area contributed by atoms with Gasteiger partial charge in [0.2, 0.25) is 0 Å². The molecule has 3 rings (SSSR count). The molecule has 0 aliphatic heterocycles. The summed E-state index contributed by atoms with van der Waals surface area (Å²) in [6, 6.07) is 9.97. The smallest absolute Gasteiger partial charge is 0.378 e. The maximum Gasteiger partial charge on any atom is 0.410 e. The summed E-state index contributed by atoms with van der Waals surface area (Å²) in [6.07, 6.45) is -4.34. The summed E-state index contributed by atoms with van der Waals surface area (Å²) in [5, 5.41) is 4.04. The van der Waals surface area contributed by atoms with Gasteiger partial charge in [-0.15, -0.1) is 0 Å². The van der Waals surface area contributed by atoms with E-state index in [-0.39, 0.29) is 23.6 Å². The Balaban J connectivity index is 2.08. The van der Waals surface area contributed by atoms with Crippen LogP contribution in [-0.4, -0.2) is 35.0 Å². The molecule has 154 valence electrons. The molecular formula is C21H22F4N4. The summed E-state index contributed by atoms with van der Waals surface area (Å²) < 4.78 is 55.7. The summed E-state index contributed by atoms with van der Waals surface area (Å²) in [7, 11) is 3.54. The molecule has 0 spiro atoms. The number of hydrogen-bond donors (Lipinski definition) is 0. The Morgan fingerprint density at radius 2 is 1.79 bits per heavy atom. The number of rotatable bonds is 5. The minimum atomic E-state index is -4.50. The molecule has 0 aliphatic carbocycles. The summed E-state index contributed by atoms with van der Waals surface area (Å²) in [5.74, 6) is -0.516. The summed E-state index contributed by atoms with van der Waals surface area (Å²) in [5.41, 5.74) is 2.47. The van der Waals surface area contributed by atoms with Crippen molar-refractivity contribution >= 4 is 5.69 Å². The summed E-state index contributed by atoms with van der Waals surface area (Å²) in [6.45, 7) is 2.90. The molecule has 0 fully saturated rings. The van der Waals surface area contributed by atoms with Gasteiger partial charge in [-0.25, -0.2) is 14.1 Å². The maximum absolute atomic E-state index is 14.6. The highest BCUT2D eigenvalue weighted by Crippen LogP contribution is 2.32. The van der Waals surface area contributed by atoms with Crippen LogP contribution in [0.4, 0.5) is 23.2 Å². The number of aromatic nitrogens is 3. The lowest BCUT2D eigenvalue weighted by molar-refractivity contribution is -0.165. The number of halogens is 4. The Morgan fingerprint density at radius 1 is 1.10 bits per heavy atom. The van der Waals surface area contributed by atoms with Crippen LogP contribution in [0.25, 0.3) is 11.4 Å². The van der Waals surface area contributed by atoms with Crippen LogP contribution in [0, 0.1) is 12.7 Å². The molecule has 0 N–H and O–H groups in total. The molecule has 1 heterocycles. The van der Waals surface area contributed by atoms with Crippen molar-refractivity contribution in [1.82, 2.24) is 14.8 Å². The Labute approximate surface area is 166 Å². The van der Waals surface area contributed by atoms with Gasteiger partial charge in [-0.1, -0.05) is 24.3 Å². The van der Waals surface area contributed by atoms with E-state index in [1.807, 2.05) is 31.2 Å². The second kappa shape index (κ2) is 7.85. The Morgan fingerprint density at radius 3 is 2.38 bits per heavy atom. The van der Waals surface area contributed by atoms with Crippen LogP contribution in [0.3, 0.4) is 0 Å². The second-order valence-electron chi connectivity index (χ2n) is 7.18. The fourth-order valence-electron chi connectivity index (χ4n) is 2.98. The fraction of sp³-hybridized carbons (Fsp3) is 0.333. The first-order chi connectivity index (χ1) is 13.6. The Hall–Kier alpha value is -2.90.